The third kappa shape index (κ3) is 3.18. The Hall–Kier alpha value is -2.14. The number of aliphatic hydroxyl groups excluding tert-OH is 1. The molecule has 0 saturated heterocycles. The van der Waals surface area contributed by atoms with Crippen molar-refractivity contribution < 1.29 is 9.84 Å². The van der Waals surface area contributed by atoms with Crippen molar-refractivity contribution in [2.75, 3.05) is 12.3 Å². The van der Waals surface area contributed by atoms with E-state index in [1.54, 1.807) is 6.20 Å². The maximum atomic E-state index is 8.97. The van der Waals surface area contributed by atoms with Crippen LogP contribution in [0.5, 0.6) is 5.75 Å². The van der Waals surface area contributed by atoms with Crippen LogP contribution in [0.1, 0.15) is 11.3 Å². The lowest BCUT2D eigenvalue weighted by Crippen LogP contribution is -2.03. The van der Waals surface area contributed by atoms with Crippen LogP contribution in [0.2, 0.25) is 0 Å². The smallest absolute Gasteiger partial charge is 0.141 e. The Morgan fingerprint density at radius 1 is 1.17 bits per heavy atom. The molecule has 0 radical (unpaired) electrons. The second-order valence-corrected chi connectivity index (χ2v) is 3.80. The van der Waals surface area contributed by atoms with Gasteiger partial charge in [0.2, 0.25) is 0 Å². The standard InChI is InChI=1S/C13H15N3O2/c14-13-8-15-11(7-16-13)9-18-12-4-2-1-3-10(12)5-6-17/h1-4,7-8,17H,5-6,9H2,(H2,14,16). The van der Waals surface area contributed by atoms with Crippen LogP contribution in [-0.2, 0) is 13.0 Å². The maximum Gasteiger partial charge on any atom is 0.141 e. The second kappa shape index (κ2) is 5.97. The highest BCUT2D eigenvalue weighted by atomic mass is 16.5. The summed E-state index contributed by atoms with van der Waals surface area (Å²) in [5, 5.41) is 8.97. The highest BCUT2D eigenvalue weighted by Crippen LogP contribution is 2.19. The summed E-state index contributed by atoms with van der Waals surface area (Å²) in [6.07, 6.45) is 3.66. The SMILES string of the molecule is Nc1cnc(COc2ccccc2CCO)cn1. The summed E-state index contributed by atoms with van der Waals surface area (Å²) < 4.78 is 5.66. The Kier molecular flexibility index (Phi) is 4.09. The zero-order valence-corrected chi connectivity index (χ0v) is 9.91. The minimum absolute atomic E-state index is 0.0993. The summed E-state index contributed by atoms with van der Waals surface area (Å²) in [6, 6.07) is 7.61. The molecule has 0 unspecified atom stereocenters. The van der Waals surface area contributed by atoms with Gasteiger partial charge in [0, 0.05) is 6.61 Å². The quantitative estimate of drug-likeness (QED) is 0.826. The van der Waals surface area contributed by atoms with Crippen molar-refractivity contribution in [3.8, 4) is 5.75 Å². The fraction of sp³-hybridized carbons (Fsp3) is 0.231. The number of nitrogens with two attached hydrogens (primary N) is 1. The van der Waals surface area contributed by atoms with E-state index in [1.165, 1.54) is 6.20 Å². The van der Waals surface area contributed by atoms with Gasteiger partial charge in [-0.05, 0) is 18.1 Å². The topological polar surface area (TPSA) is 81.3 Å². The monoisotopic (exact) mass is 245 g/mol. The van der Waals surface area contributed by atoms with E-state index in [2.05, 4.69) is 9.97 Å². The van der Waals surface area contributed by atoms with Crippen molar-refractivity contribution in [3.05, 3.63) is 47.9 Å². The second-order valence-electron chi connectivity index (χ2n) is 3.80. The van der Waals surface area contributed by atoms with E-state index in [4.69, 9.17) is 15.6 Å². The van der Waals surface area contributed by atoms with E-state index in [1.807, 2.05) is 24.3 Å². The molecule has 0 bridgehead atoms. The first-order chi connectivity index (χ1) is 8.79. The largest absolute Gasteiger partial charge is 0.487 e. The number of benzene rings is 1. The van der Waals surface area contributed by atoms with Gasteiger partial charge in [-0.15, -0.1) is 0 Å². The van der Waals surface area contributed by atoms with Crippen LogP contribution in [0.4, 0.5) is 5.82 Å². The van der Waals surface area contributed by atoms with E-state index in [-0.39, 0.29) is 6.61 Å². The summed E-state index contributed by atoms with van der Waals surface area (Å²) in [4.78, 5) is 8.05. The van der Waals surface area contributed by atoms with Gasteiger partial charge < -0.3 is 15.6 Å². The first-order valence-corrected chi connectivity index (χ1v) is 5.67. The Balaban J connectivity index is 2.03. The van der Waals surface area contributed by atoms with Crippen molar-refractivity contribution in [1.29, 1.82) is 0 Å². The van der Waals surface area contributed by atoms with Gasteiger partial charge >= 0.3 is 0 Å². The van der Waals surface area contributed by atoms with Crippen LogP contribution < -0.4 is 10.5 Å². The third-order valence-electron chi connectivity index (χ3n) is 2.45. The molecule has 94 valence electrons. The highest BCUT2D eigenvalue weighted by molar-refractivity contribution is 5.33. The van der Waals surface area contributed by atoms with Crippen LogP contribution in [0.3, 0.4) is 0 Å². The number of rotatable bonds is 5. The molecule has 18 heavy (non-hydrogen) atoms. The Morgan fingerprint density at radius 3 is 2.72 bits per heavy atom. The van der Waals surface area contributed by atoms with Gasteiger partial charge in [0.1, 0.15) is 18.2 Å². The molecule has 2 rings (SSSR count). The lowest BCUT2D eigenvalue weighted by atomic mass is 10.1. The molecule has 5 heteroatoms. The molecular formula is C13H15N3O2. The summed E-state index contributed by atoms with van der Waals surface area (Å²) >= 11 is 0. The average molecular weight is 245 g/mol. The van der Waals surface area contributed by atoms with Gasteiger partial charge in [-0.25, -0.2) is 4.98 Å². The number of aliphatic hydroxyl groups is 1. The Bertz CT molecular complexity index is 500. The normalized spacial score (nSPS) is 10.3. The molecule has 0 spiro atoms. The highest BCUT2D eigenvalue weighted by Gasteiger charge is 2.03. The molecule has 0 amide bonds. The molecule has 0 saturated carbocycles. The van der Waals surface area contributed by atoms with Crippen LogP contribution in [0.15, 0.2) is 36.7 Å². The van der Waals surface area contributed by atoms with Gasteiger partial charge in [-0.1, -0.05) is 18.2 Å². The lowest BCUT2D eigenvalue weighted by molar-refractivity contribution is 0.281. The number of ether oxygens (including phenoxy) is 1. The molecule has 1 heterocycles. The predicted molar refractivity (Wildman–Crippen MR) is 68.0 cm³/mol. The zero-order valence-electron chi connectivity index (χ0n) is 9.91. The molecular weight excluding hydrogens is 230 g/mol. The van der Waals surface area contributed by atoms with E-state index in [9.17, 15) is 0 Å². The minimum Gasteiger partial charge on any atom is -0.487 e. The molecule has 0 fully saturated rings. The molecule has 2 aromatic rings. The zero-order chi connectivity index (χ0) is 12.8. The summed E-state index contributed by atoms with van der Waals surface area (Å²) in [5.41, 5.74) is 7.14. The average Bonchev–Trinajstić information content (AvgIpc) is 2.40. The van der Waals surface area contributed by atoms with Crippen LogP contribution >= 0.6 is 0 Å². The fourth-order valence-corrected chi connectivity index (χ4v) is 1.56. The number of aromatic nitrogens is 2. The Labute approximate surface area is 105 Å². The number of anilines is 1. The molecule has 1 aromatic heterocycles. The first-order valence-electron chi connectivity index (χ1n) is 5.67. The van der Waals surface area contributed by atoms with Gasteiger partial charge in [0.25, 0.3) is 0 Å². The van der Waals surface area contributed by atoms with Gasteiger partial charge in [-0.2, -0.15) is 0 Å². The van der Waals surface area contributed by atoms with E-state index < -0.39 is 0 Å². The first kappa shape index (κ1) is 12.3. The van der Waals surface area contributed by atoms with E-state index >= 15 is 0 Å². The van der Waals surface area contributed by atoms with Crippen molar-refractivity contribution in [3.63, 3.8) is 0 Å². The van der Waals surface area contributed by atoms with E-state index in [0.717, 1.165) is 11.3 Å². The molecule has 1 aromatic carbocycles. The number of para-hydroxylation sites is 1. The molecule has 5 nitrogen and oxygen atoms in total. The summed E-state index contributed by atoms with van der Waals surface area (Å²) in [7, 11) is 0. The Morgan fingerprint density at radius 2 is 2.00 bits per heavy atom. The minimum atomic E-state index is 0.0993. The summed E-state index contributed by atoms with van der Waals surface area (Å²) in [5.74, 6) is 1.14. The molecule has 3 N–H and O–H groups in total. The van der Waals surface area contributed by atoms with E-state index in [0.29, 0.717) is 24.5 Å². The van der Waals surface area contributed by atoms with Crippen LogP contribution in [-0.4, -0.2) is 21.7 Å². The molecule has 0 aliphatic rings. The molecule has 0 aliphatic heterocycles. The maximum absolute atomic E-state index is 8.97. The van der Waals surface area contributed by atoms with Gasteiger partial charge in [-0.3, -0.25) is 4.98 Å². The van der Waals surface area contributed by atoms with Gasteiger partial charge in [0.05, 0.1) is 18.1 Å². The number of hydrogen-bond donors (Lipinski definition) is 2. The number of nitrogens with zero attached hydrogens (tertiary/aromatic N) is 2. The van der Waals surface area contributed by atoms with Crippen LogP contribution in [0.25, 0.3) is 0 Å². The number of hydrogen-bond acceptors (Lipinski definition) is 5. The third-order valence-corrected chi connectivity index (χ3v) is 2.45. The molecule has 0 aliphatic carbocycles. The van der Waals surface area contributed by atoms with Crippen LogP contribution in [0, 0.1) is 0 Å². The van der Waals surface area contributed by atoms with Crippen molar-refractivity contribution in [2.45, 2.75) is 13.0 Å². The van der Waals surface area contributed by atoms with Crippen molar-refractivity contribution in [2.24, 2.45) is 0 Å². The lowest BCUT2D eigenvalue weighted by Gasteiger charge is -2.10. The van der Waals surface area contributed by atoms with Crippen molar-refractivity contribution >= 4 is 5.82 Å². The number of nitrogen functional groups attached to an aromatic ring is 1. The van der Waals surface area contributed by atoms with Crippen molar-refractivity contribution in [1.82, 2.24) is 9.97 Å². The molecule has 0 atom stereocenters. The fourth-order valence-electron chi connectivity index (χ4n) is 1.56. The summed E-state index contributed by atoms with van der Waals surface area (Å²) in [6.45, 7) is 0.428. The van der Waals surface area contributed by atoms with Gasteiger partial charge in [0.15, 0.2) is 0 Å². The predicted octanol–water partition coefficient (Wildman–Crippen LogP) is 1.17.